The fraction of sp³-hybridized carbons (Fsp3) is 0.966. The predicted octanol–water partition coefficient (Wildman–Crippen LogP) is 9.31. The number of carbonyl (C=O) groups is 1. The zero-order valence-electron chi connectivity index (χ0n) is 24.4. The van der Waals surface area contributed by atoms with Gasteiger partial charge in [0.2, 0.25) is 0 Å². The van der Waals surface area contributed by atoms with Crippen LogP contribution in [0, 0.1) is 37.9 Å². The molecule has 0 aliphatic carbocycles. The maximum atomic E-state index is 12.8. The highest BCUT2D eigenvalue weighted by Gasteiger charge is 2.65. The van der Waals surface area contributed by atoms with Crippen molar-refractivity contribution in [2.24, 2.45) is 37.9 Å². The molecule has 0 aliphatic heterocycles. The molecule has 0 heterocycles. The highest BCUT2D eigenvalue weighted by Crippen LogP contribution is 2.70. The first-order chi connectivity index (χ1) is 13.5. The summed E-state index contributed by atoms with van der Waals surface area (Å²) in [6.07, 6.45) is 6.48. The van der Waals surface area contributed by atoms with Crippen molar-refractivity contribution in [2.45, 2.75) is 136 Å². The third-order valence-corrected chi connectivity index (χ3v) is 11.9. The van der Waals surface area contributed by atoms with Gasteiger partial charge in [0, 0.05) is 0 Å². The van der Waals surface area contributed by atoms with Crippen molar-refractivity contribution in [1.82, 2.24) is 0 Å². The van der Waals surface area contributed by atoms with Gasteiger partial charge in [-0.2, -0.15) is 0 Å². The molecular weight excluding hydrogens is 380 g/mol. The zero-order chi connectivity index (χ0) is 25.3. The van der Waals surface area contributed by atoms with E-state index in [-0.39, 0.29) is 38.5 Å². The average molecular weight is 439 g/mol. The van der Waals surface area contributed by atoms with Gasteiger partial charge in [-0.25, -0.2) is 0 Å². The number of unbranched alkanes of at least 4 members (excludes halogenated alkanes) is 3. The summed E-state index contributed by atoms with van der Waals surface area (Å²) < 4.78 is 5.24. The van der Waals surface area contributed by atoms with Crippen LogP contribution in [-0.2, 0) is 9.53 Å². The molecule has 0 aromatic rings. The first kappa shape index (κ1) is 30.5. The summed E-state index contributed by atoms with van der Waals surface area (Å²) in [5, 5.41) is 0. The van der Waals surface area contributed by atoms with Crippen LogP contribution >= 0.6 is 0 Å². The van der Waals surface area contributed by atoms with E-state index < -0.39 is 5.41 Å². The zero-order valence-corrected chi connectivity index (χ0v) is 24.4. The van der Waals surface area contributed by atoms with Gasteiger partial charge < -0.3 is 4.74 Å². The van der Waals surface area contributed by atoms with Gasteiger partial charge in [0.15, 0.2) is 0 Å². The molecule has 0 N–H and O–H groups in total. The summed E-state index contributed by atoms with van der Waals surface area (Å²) in [5.74, 6) is -0.130. The molecule has 0 amide bonds. The molecule has 2 heteroatoms. The Labute approximate surface area is 196 Å². The molecular formula is C29H58O2. The topological polar surface area (TPSA) is 26.3 Å². The van der Waals surface area contributed by atoms with Crippen LogP contribution in [0.3, 0.4) is 0 Å². The molecule has 0 spiro atoms. The number of carbonyl (C=O) groups excluding carboxylic acids is 1. The SMILES string of the molecule is CCCCCCC(C)(C)C(C)(C)C(C)(C)C(C)(C)C(C)(C)C(C)(C)C(C)(C)C(=O)OC. The normalized spacial score (nSPS) is 15.2. The molecule has 186 valence electrons. The summed E-state index contributed by atoms with van der Waals surface area (Å²) in [5.41, 5.74) is -0.761. The highest BCUT2D eigenvalue weighted by molar-refractivity contribution is 5.77. The van der Waals surface area contributed by atoms with E-state index in [1.165, 1.54) is 39.2 Å². The van der Waals surface area contributed by atoms with E-state index in [1.54, 1.807) is 0 Å². The fourth-order valence-electron chi connectivity index (χ4n) is 5.79. The van der Waals surface area contributed by atoms with Gasteiger partial charge in [-0.1, -0.05) is 116 Å². The maximum Gasteiger partial charge on any atom is 0.311 e. The lowest BCUT2D eigenvalue weighted by Crippen LogP contribution is -2.62. The van der Waals surface area contributed by atoms with Gasteiger partial charge in [-0.3, -0.25) is 4.79 Å². The lowest BCUT2D eigenvalue weighted by atomic mass is 9.37. The molecule has 0 radical (unpaired) electrons. The minimum Gasteiger partial charge on any atom is -0.469 e. The average Bonchev–Trinajstić information content (AvgIpc) is 2.63. The van der Waals surface area contributed by atoms with Crippen molar-refractivity contribution in [3.8, 4) is 0 Å². The molecule has 0 rings (SSSR count). The minimum absolute atomic E-state index is 0.0151. The van der Waals surface area contributed by atoms with Gasteiger partial charge in [0.25, 0.3) is 0 Å². The minimum atomic E-state index is -0.599. The molecule has 0 unspecified atom stereocenters. The van der Waals surface area contributed by atoms with Crippen molar-refractivity contribution < 1.29 is 9.53 Å². The molecule has 0 saturated carbocycles. The number of esters is 1. The molecule has 0 aliphatic rings. The van der Waals surface area contributed by atoms with Gasteiger partial charge in [-0.15, -0.1) is 0 Å². The van der Waals surface area contributed by atoms with E-state index in [0.29, 0.717) is 0 Å². The van der Waals surface area contributed by atoms with Gasteiger partial charge >= 0.3 is 5.97 Å². The number of rotatable bonds is 12. The van der Waals surface area contributed by atoms with Crippen LogP contribution in [0.15, 0.2) is 0 Å². The number of ether oxygens (including phenoxy) is 1. The van der Waals surface area contributed by atoms with Crippen molar-refractivity contribution >= 4 is 5.97 Å². The first-order valence-electron chi connectivity index (χ1n) is 12.6. The third kappa shape index (κ3) is 4.74. The van der Waals surface area contributed by atoms with Crippen LogP contribution < -0.4 is 0 Å². The smallest absolute Gasteiger partial charge is 0.311 e. The van der Waals surface area contributed by atoms with E-state index in [1.807, 2.05) is 13.8 Å². The number of hydrogen-bond acceptors (Lipinski definition) is 2. The predicted molar refractivity (Wildman–Crippen MR) is 137 cm³/mol. The Hall–Kier alpha value is -0.530. The summed E-state index contributed by atoms with van der Waals surface area (Å²) in [6, 6.07) is 0. The Morgan fingerprint density at radius 3 is 1.35 bits per heavy atom. The molecule has 31 heavy (non-hydrogen) atoms. The molecule has 0 fully saturated rings. The highest BCUT2D eigenvalue weighted by atomic mass is 16.5. The Morgan fingerprint density at radius 1 is 0.581 bits per heavy atom. The lowest BCUT2D eigenvalue weighted by Gasteiger charge is -2.67. The Kier molecular flexibility index (Phi) is 9.22. The Morgan fingerprint density at radius 2 is 0.968 bits per heavy atom. The Balaban J connectivity index is 6.33. The molecule has 0 aromatic carbocycles. The van der Waals surface area contributed by atoms with Crippen LogP contribution in [0.25, 0.3) is 0 Å². The third-order valence-electron chi connectivity index (χ3n) is 11.9. The van der Waals surface area contributed by atoms with Crippen molar-refractivity contribution in [3.05, 3.63) is 0 Å². The second-order valence-corrected chi connectivity index (χ2v) is 13.9. The second kappa shape index (κ2) is 9.38. The van der Waals surface area contributed by atoms with E-state index in [0.717, 1.165) is 0 Å². The van der Waals surface area contributed by atoms with Gasteiger partial charge in [0.05, 0.1) is 12.5 Å². The first-order valence-corrected chi connectivity index (χ1v) is 12.6. The molecule has 2 nitrogen and oxygen atoms in total. The summed E-state index contributed by atoms with van der Waals surface area (Å²) in [4.78, 5) is 12.8. The van der Waals surface area contributed by atoms with Crippen LogP contribution in [0.4, 0.5) is 0 Å². The quantitative estimate of drug-likeness (QED) is 0.224. The molecule has 0 aromatic heterocycles. The summed E-state index contributed by atoms with van der Waals surface area (Å²) in [6.45, 7) is 35.3. The molecule has 0 bridgehead atoms. The van der Waals surface area contributed by atoms with Crippen LogP contribution in [0.2, 0.25) is 0 Å². The van der Waals surface area contributed by atoms with Crippen molar-refractivity contribution in [1.29, 1.82) is 0 Å². The Bertz CT molecular complexity index is 600. The van der Waals surface area contributed by atoms with Crippen LogP contribution in [-0.4, -0.2) is 13.1 Å². The van der Waals surface area contributed by atoms with Gasteiger partial charge in [-0.05, 0) is 52.8 Å². The molecule has 0 saturated heterocycles. The molecule has 0 atom stereocenters. The number of methoxy groups -OCH3 is 1. The van der Waals surface area contributed by atoms with E-state index >= 15 is 0 Å². The van der Waals surface area contributed by atoms with E-state index in [2.05, 4.69) is 90.0 Å². The second-order valence-electron chi connectivity index (χ2n) is 13.9. The number of hydrogen-bond donors (Lipinski definition) is 0. The van der Waals surface area contributed by atoms with Crippen molar-refractivity contribution in [2.75, 3.05) is 7.11 Å². The summed E-state index contributed by atoms with van der Waals surface area (Å²) >= 11 is 0. The monoisotopic (exact) mass is 438 g/mol. The van der Waals surface area contributed by atoms with E-state index in [9.17, 15) is 4.79 Å². The van der Waals surface area contributed by atoms with Crippen LogP contribution in [0.5, 0.6) is 0 Å². The van der Waals surface area contributed by atoms with Crippen LogP contribution in [0.1, 0.15) is 136 Å². The standard InChI is InChI=1S/C29H58O2/c1-17-18-19-20-21-23(2,3)25(6,7)27(10,11)29(14,15)28(12,13)26(8,9)24(4,5)22(30)31-16/h17-21H2,1-16H3. The lowest BCUT2D eigenvalue weighted by molar-refractivity contribution is -0.205. The maximum absolute atomic E-state index is 12.8. The van der Waals surface area contributed by atoms with Crippen molar-refractivity contribution in [3.63, 3.8) is 0 Å². The van der Waals surface area contributed by atoms with Gasteiger partial charge in [0.1, 0.15) is 0 Å². The fourth-order valence-corrected chi connectivity index (χ4v) is 5.79. The summed E-state index contributed by atoms with van der Waals surface area (Å²) in [7, 11) is 1.51. The van der Waals surface area contributed by atoms with E-state index in [4.69, 9.17) is 4.74 Å². The largest absolute Gasteiger partial charge is 0.469 e.